The first-order valence-electron chi connectivity index (χ1n) is 7.59. The summed E-state index contributed by atoms with van der Waals surface area (Å²) < 4.78 is 1.65. The summed E-state index contributed by atoms with van der Waals surface area (Å²) in [6.45, 7) is 4.64. The Morgan fingerprint density at radius 1 is 1.35 bits per heavy atom. The molecule has 0 spiro atoms. The van der Waals surface area contributed by atoms with Gasteiger partial charge in [-0.15, -0.1) is 0 Å². The van der Waals surface area contributed by atoms with E-state index in [4.69, 9.17) is 0 Å². The van der Waals surface area contributed by atoms with Crippen LogP contribution >= 0.6 is 0 Å². The average Bonchev–Trinajstić information content (AvgIpc) is 3.01. The highest BCUT2D eigenvalue weighted by molar-refractivity contribution is 5.93. The van der Waals surface area contributed by atoms with Crippen LogP contribution in [0.15, 0.2) is 36.7 Å². The van der Waals surface area contributed by atoms with Crippen molar-refractivity contribution in [3.05, 3.63) is 53.3 Å². The van der Waals surface area contributed by atoms with Gasteiger partial charge in [0.25, 0.3) is 5.91 Å². The highest BCUT2D eigenvalue weighted by atomic mass is 16.4. The number of aromatic nitrogens is 2. The maximum atomic E-state index is 12.1. The van der Waals surface area contributed by atoms with Crippen molar-refractivity contribution in [1.82, 2.24) is 15.1 Å². The van der Waals surface area contributed by atoms with Crippen LogP contribution in [0.3, 0.4) is 0 Å². The second-order valence-electron chi connectivity index (χ2n) is 5.46. The monoisotopic (exact) mass is 315 g/mol. The van der Waals surface area contributed by atoms with E-state index >= 15 is 0 Å². The zero-order valence-electron chi connectivity index (χ0n) is 13.3. The molecule has 1 heterocycles. The molecule has 6 heteroatoms. The number of amides is 1. The minimum absolute atomic E-state index is 0.0831. The van der Waals surface area contributed by atoms with Crippen LogP contribution in [0.4, 0.5) is 0 Å². The predicted molar refractivity (Wildman–Crippen MR) is 86.2 cm³/mol. The Hall–Kier alpha value is -2.63. The minimum Gasteiger partial charge on any atom is -0.481 e. The van der Waals surface area contributed by atoms with Gasteiger partial charge in [0, 0.05) is 19.3 Å². The summed E-state index contributed by atoms with van der Waals surface area (Å²) in [5.74, 6) is -1.89. The van der Waals surface area contributed by atoms with Gasteiger partial charge >= 0.3 is 5.97 Å². The van der Waals surface area contributed by atoms with E-state index in [1.165, 1.54) is 6.20 Å². The lowest BCUT2D eigenvalue weighted by molar-refractivity contribution is -0.141. The second kappa shape index (κ2) is 7.58. The molecule has 1 aromatic heterocycles. The van der Waals surface area contributed by atoms with Crippen molar-refractivity contribution in [3.8, 4) is 0 Å². The number of carboxylic acid groups (broad SMARTS) is 1. The molecule has 0 aliphatic carbocycles. The molecule has 0 unspecified atom stereocenters. The largest absolute Gasteiger partial charge is 0.481 e. The molecule has 0 fully saturated rings. The first-order valence-corrected chi connectivity index (χ1v) is 7.59. The molecule has 0 bridgehead atoms. The zero-order chi connectivity index (χ0) is 16.8. The number of nitrogens with zero attached hydrogens (tertiary/aromatic N) is 2. The number of benzene rings is 1. The molecule has 23 heavy (non-hydrogen) atoms. The molecule has 0 aliphatic rings. The molecule has 2 rings (SSSR count). The number of aryl methyl sites for hydroxylation is 2. The molecule has 0 radical (unpaired) electrons. The standard InChI is InChI=1S/C17H21N3O3/c1-3-20-11-15(10-19-20)16(21)18-9-14(17(22)23)8-13-7-5-4-6-12(13)2/h4-7,10-11,14H,3,8-9H2,1-2H3,(H,18,21)(H,22,23)/t14-/m1/s1. The molecule has 0 saturated heterocycles. The van der Waals surface area contributed by atoms with Gasteiger partial charge in [-0.1, -0.05) is 24.3 Å². The number of carbonyl (C=O) groups is 2. The van der Waals surface area contributed by atoms with E-state index in [0.717, 1.165) is 11.1 Å². The third kappa shape index (κ3) is 4.42. The van der Waals surface area contributed by atoms with Gasteiger partial charge < -0.3 is 10.4 Å². The van der Waals surface area contributed by atoms with Crippen LogP contribution in [-0.2, 0) is 17.8 Å². The van der Waals surface area contributed by atoms with Gasteiger partial charge in [-0.3, -0.25) is 14.3 Å². The Morgan fingerprint density at radius 2 is 2.09 bits per heavy atom. The van der Waals surface area contributed by atoms with Crippen LogP contribution in [0, 0.1) is 12.8 Å². The van der Waals surface area contributed by atoms with Gasteiger partial charge in [-0.2, -0.15) is 5.10 Å². The lowest BCUT2D eigenvalue weighted by atomic mass is 9.96. The molecule has 2 N–H and O–H groups in total. The molecule has 1 atom stereocenters. The summed E-state index contributed by atoms with van der Waals surface area (Å²) >= 11 is 0. The molecule has 6 nitrogen and oxygen atoms in total. The quantitative estimate of drug-likeness (QED) is 0.817. The van der Waals surface area contributed by atoms with E-state index in [-0.39, 0.29) is 12.5 Å². The number of hydrogen-bond donors (Lipinski definition) is 2. The van der Waals surface area contributed by atoms with Gasteiger partial charge in [0.05, 0.1) is 17.7 Å². The normalized spacial score (nSPS) is 11.9. The number of nitrogens with one attached hydrogen (secondary N) is 1. The fourth-order valence-electron chi connectivity index (χ4n) is 2.32. The van der Waals surface area contributed by atoms with Gasteiger partial charge in [-0.05, 0) is 31.4 Å². The van der Waals surface area contributed by atoms with Crippen molar-refractivity contribution in [3.63, 3.8) is 0 Å². The summed E-state index contributed by atoms with van der Waals surface area (Å²) in [6, 6.07) is 7.67. The Labute approximate surface area is 135 Å². The predicted octanol–water partition coefficient (Wildman–Crippen LogP) is 1.88. The molecule has 0 aliphatic heterocycles. The fraction of sp³-hybridized carbons (Fsp3) is 0.353. The van der Waals surface area contributed by atoms with Crippen LogP contribution in [0.2, 0.25) is 0 Å². The van der Waals surface area contributed by atoms with Crippen molar-refractivity contribution < 1.29 is 14.7 Å². The Kier molecular flexibility index (Phi) is 5.51. The lowest BCUT2D eigenvalue weighted by Crippen LogP contribution is -2.34. The van der Waals surface area contributed by atoms with Crippen molar-refractivity contribution in [2.45, 2.75) is 26.8 Å². The van der Waals surface area contributed by atoms with Crippen molar-refractivity contribution in [1.29, 1.82) is 0 Å². The van der Waals surface area contributed by atoms with Crippen molar-refractivity contribution in [2.24, 2.45) is 5.92 Å². The minimum atomic E-state index is -0.919. The second-order valence-corrected chi connectivity index (χ2v) is 5.46. The van der Waals surface area contributed by atoms with Gasteiger partial charge in [0.2, 0.25) is 0 Å². The van der Waals surface area contributed by atoms with E-state index < -0.39 is 11.9 Å². The van der Waals surface area contributed by atoms with Crippen LogP contribution in [0.25, 0.3) is 0 Å². The third-order valence-corrected chi connectivity index (χ3v) is 3.81. The van der Waals surface area contributed by atoms with Crippen LogP contribution in [-0.4, -0.2) is 33.3 Å². The van der Waals surface area contributed by atoms with Gasteiger partial charge in [0.1, 0.15) is 0 Å². The van der Waals surface area contributed by atoms with Gasteiger partial charge in [-0.25, -0.2) is 0 Å². The van der Waals surface area contributed by atoms with Gasteiger partial charge in [0.15, 0.2) is 0 Å². The van der Waals surface area contributed by atoms with Crippen LogP contribution in [0.5, 0.6) is 0 Å². The number of rotatable bonds is 7. The highest BCUT2D eigenvalue weighted by Gasteiger charge is 2.20. The van der Waals surface area contributed by atoms with Crippen molar-refractivity contribution in [2.75, 3.05) is 6.54 Å². The van der Waals surface area contributed by atoms with E-state index in [9.17, 15) is 14.7 Å². The Bertz CT molecular complexity index is 694. The Morgan fingerprint density at radius 3 is 2.70 bits per heavy atom. The third-order valence-electron chi connectivity index (χ3n) is 3.81. The lowest BCUT2D eigenvalue weighted by Gasteiger charge is -2.14. The molecule has 122 valence electrons. The molecular formula is C17H21N3O3. The summed E-state index contributed by atoms with van der Waals surface area (Å²) in [5.41, 5.74) is 2.47. The maximum absolute atomic E-state index is 12.1. The fourth-order valence-corrected chi connectivity index (χ4v) is 2.32. The van der Waals surface area contributed by atoms with Crippen LogP contribution in [0.1, 0.15) is 28.4 Å². The first-order chi connectivity index (χ1) is 11.0. The highest BCUT2D eigenvalue weighted by Crippen LogP contribution is 2.13. The van der Waals surface area contributed by atoms with Crippen molar-refractivity contribution >= 4 is 11.9 Å². The molecule has 1 amide bonds. The smallest absolute Gasteiger partial charge is 0.308 e. The molecule has 0 saturated carbocycles. The number of aliphatic carboxylic acids is 1. The van der Waals surface area contributed by atoms with Crippen LogP contribution < -0.4 is 5.32 Å². The summed E-state index contributed by atoms with van der Waals surface area (Å²) in [5, 5.41) is 16.1. The molecular weight excluding hydrogens is 294 g/mol. The molecule has 2 aromatic rings. The topological polar surface area (TPSA) is 84.2 Å². The number of hydrogen-bond acceptors (Lipinski definition) is 3. The molecule has 1 aromatic carbocycles. The SMILES string of the molecule is CCn1cc(C(=O)NC[C@@H](Cc2ccccc2C)C(=O)O)cn1. The first kappa shape index (κ1) is 16.7. The summed E-state index contributed by atoms with van der Waals surface area (Å²) in [6.07, 6.45) is 3.51. The van der Waals surface area contributed by atoms with E-state index in [0.29, 0.717) is 18.5 Å². The summed E-state index contributed by atoms with van der Waals surface area (Å²) in [4.78, 5) is 23.5. The summed E-state index contributed by atoms with van der Waals surface area (Å²) in [7, 11) is 0. The zero-order valence-corrected chi connectivity index (χ0v) is 13.3. The average molecular weight is 315 g/mol. The van der Waals surface area contributed by atoms with E-state index in [1.807, 2.05) is 38.1 Å². The maximum Gasteiger partial charge on any atom is 0.308 e. The number of carboxylic acids is 1. The number of carbonyl (C=O) groups excluding carboxylic acids is 1. The Balaban J connectivity index is 1.98. The van der Waals surface area contributed by atoms with E-state index in [1.54, 1.807) is 10.9 Å². The van der Waals surface area contributed by atoms with E-state index in [2.05, 4.69) is 10.4 Å².